The van der Waals surface area contributed by atoms with Crippen LogP contribution in [0.15, 0.2) is 12.2 Å². The zero-order valence-electron chi connectivity index (χ0n) is 6.68. The first-order valence-electron chi connectivity index (χ1n) is 3.83. The Balaban J connectivity index is 2.45. The van der Waals surface area contributed by atoms with Gasteiger partial charge in [-0.2, -0.15) is 0 Å². The molecule has 0 spiro atoms. The van der Waals surface area contributed by atoms with E-state index in [0.29, 0.717) is 5.78 Å². The van der Waals surface area contributed by atoms with Crippen LogP contribution in [0, 0.1) is 5.41 Å². The molecule has 0 N–H and O–H groups in total. The normalized spacial score (nSPS) is 21.4. The number of allylic oxidation sites excluding steroid dienone is 2. The van der Waals surface area contributed by atoms with Gasteiger partial charge < -0.3 is 0 Å². The van der Waals surface area contributed by atoms with Crippen LogP contribution < -0.4 is 0 Å². The molecule has 0 aromatic rings. The molecular weight excluding hydrogens is 124 g/mol. The van der Waals surface area contributed by atoms with E-state index in [1.54, 1.807) is 6.92 Å². The summed E-state index contributed by atoms with van der Waals surface area (Å²) in [6.45, 7) is 3.70. The Bertz CT molecular complexity index is 164. The van der Waals surface area contributed by atoms with E-state index in [1.807, 2.05) is 13.0 Å². The standard InChI is InChI=1S/C9H14O/c1-3-4-5-9(6-7-9)8(2)10/h3-4H,5-7H2,1-2H3/b4-3+. The minimum Gasteiger partial charge on any atom is -0.299 e. The first kappa shape index (κ1) is 7.52. The summed E-state index contributed by atoms with van der Waals surface area (Å²) in [5.41, 5.74) is 0.0759. The molecule has 0 bridgehead atoms. The van der Waals surface area contributed by atoms with Crippen molar-refractivity contribution in [2.45, 2.75) is 33.1 Å². The highest BCUT2D eigenvalue weighted by Crippen LogP contribution is 2.49. The van der Waals surface area contributed by atoms with Crippen LogP contribution in [0.25, 0.3) is 0 Å². The van der Waals surface area contributed by atoms with Crippen molar-refractivity contribution in [3.8, 4) is 0 Å². The Hall–Kier alpha value is -0.590. The molecule has 0 amide bonds. The summed E-state index contributed by atoms with van der Waals surface area (Å²) in [5.74, 6) is 0.366. The maximum Gasteiger partial charge on any atom is 0.136 e. The second-order valence-electron chi connectivity index (χ2n) is 3.11. The Morgan fingerprint density at radius 2 is 2.20 bits per heavy atom. The molecule has 10 heavy (non-hydrogen) atoms. The lowest BCUT2D eigenvalue weighted by molar-refractivity contribution is -0.121. The van der Waals surface area contributed by atoms with E-state index in [9.17, 15) is 4.79 Å². The van der Waals surface area contributed by atoms with Gasteiger partial charge in [-0.15, -0.1) is 0 Å². The van der Waals surface area contributed by atoms with Crippen LogP contribution in [0.4, 0.5) is 0 Å². The number of carbonyl (C=O) groups excluding carboxylic acids is 1. The Morgan fingerprint density at radius 3 is 2.50 bits per heavy atom. The van der Waals surface area contributed by atoms with Crippen LogP contribution in [0.2, 0.25) is 0 Å². The van der Waals surface area contributed by atoms with Crippen LogP contribution in [-0.4, -0.2) is 5.78 Å². The molecule has 0 unspecified atom stereocenters. The van der Waals surface area contributed by atoms with Crippen LogP contribution >= 0.6 is 0 Å². The molecule has 0 atom stereocenters. The second-order valence-corrected chi connectivity index (χ2v) is 3.11. The maximum atomic E-state index is 11.0. The van der Waals surface area contributed by atoms with Crippen LogP contribution in [0.1, 0.15) is 33.1 Å². The van der Waals surface area contributed by atoms with E-state index >= 15 is 0 Å². The van der Waals surface area contributed by atoms with Gasteiger partial charge in [-0.25, -0.2) is 0 Å². The van der Waals surface area contributed by atoms with Crippen molar-refractivity contribution < 1.29 is 4.79 Å². The summed E-state index contributed by atoms with van der Waals surface area (Å²) in [7, 11) is 0. The van der Waals surface area contributed by atoms with E-state index in [1.165, 1.54) is 0 Å². The van der Waals surface area contributed by atoms with Crippen molar-refractivity contribution in [2.24, 2.45) is 5.41 Å². The lowest BCUT2D eigenvalue weighted by atomic mass is 9.98. The minimum absolute atomic E-state index is 0.0759. The molecule has 1 heteroatoms. The summed E-state index contributed by atoms with van der Waals surface area (Å²) in [6, 6.07) is 0. The first-order valence-corrected chi connectivity index (χ1v) is 3.83. The maximum absolute atomic E-state index is 11.0. The summed E-state index contributed by atoms with van der Waals surface area (Å²) in [6.07, 6.45) is 7.27. The second kappa shape index (κ2) is 2.57. The fraction of sp³-hybridized carbons (Fsp3) is 0.667. The number of hydrogen-bond donors (Lipinski definition) is 0. The quantitative estimate of drug-likeness (QED) is 0.547. The monoisotopic (exact) mass is 138 g/mol. The summed E-state index contributed by atoms with van der Waals surface area (Å²) in [5, 5.41) is 0. The summed E-state index contributed by atoms with van der Waals surface area (Å²) < 4.78 is 0. The molecule has 1 aliphatic carbocycles. The Kier molecular flexibility index (Phi) is 1.93. The van der Waals surface area contributed by atoms with Gasteiger partial charge >= 0.3 is 0 Å². The number of hydrogen-bond acceptors (Lipinski definition) is 1. The highest BCUT2D eigenvalue weighted by molar-refractivity contribution is 5.85. The zero-order valence-corrected chi connectivity index (χ0v) is 6.68. The van der Waals surface area contributed by atoms with Crippen molar-refractivity contribution in [3.63, 3.8) is 0 Å². The van der Waals surface area contributed by atoms with Gasteiger partial charge in [0.05, 0.1) is 0 Å². The van der Waals surface area contributed by atoms with E-state index in [-0.39, 0.29) is 5.41 Å². The molecule has 0 heterocycles. The number of Topliss-reactive ketones (excluding diaryl/α,β-unsaturated/α-hetero) is 1. The minimum atomic E-state index is 0.0759. The third kappa shape index (κ3) is 1.28. The fourth-order valence-corrected chi connectivity index (χ4v) is 1.19. The van der Waals surface area contributed by atoms with Gasteiger partial charge in [0.1, 0.15) is 5.78 Å². The highest BCUT2D eigenvalue weighted by atomic mass is 16.1. The van der Waals surface area contributed by atoms with Crippen LogP contribution in [-0.2, 0) is 4.79 Å². The molecule has 56 valence electrons. The van der Waals surface area contributed by atoms with Gasteiger partial charge in [0, 0.05) is 5.41 Å². The number of carbonyl (C=O) groups is 1. The third-order valence-electron chi connectivity index (χ3n) is 2.34. The van der Waals surface area contributed by atoms with Crippen LogP contribution in [0.5, 0.6) is 0 Å². The number of rotatable bonds is 3. The third-order valence-corrected chi connectivity index (χ3v) is 2.34. The summed E-state index contributed by atoms with van der Waals surface area (Å²) >= 11 is 0. The average molecular weight is 138 g/mol. The van der Waals surface area contributed by atoms with Crippen molar-refractivity contribution in [2.75, 3.05) is 0 Å². The molecule has 0 saturated heterocycles. The molecule has 0 radical (unpaired) electrons. The van der Waals surface area contributed by atoms with E-state index < -0.39 is 0 Å². The van der Waals surface area contributed by atoms with Gasteiger partial charge in [0.25, 0.3) is 0 Å². The first-order chi connectivity index (χ1) is 4.71. The number of ketones is 1. The Labute approximate surface area is 62.1 Å². The lowest BCUT2D eigenvalue weighted by Crippen LogP contribution is -2.09. The van der Waals surface area contributed by atoms with Crippen molar-refractivity contribution >= 4 is 5.78 Å². The zero-order chi connectivity index (χ0) is 7.61. The summed E-state index contributed by atoms with van der Waals surface area (Å²) in [4.78, 5) is 11.0. The van der Waals surface area contributed by atoms with Gasteiger partial charge in [-0.3, -0.25) is 4.79 Å². The van der Waals surface area contributed by atoms with Crippen molar-refractivity contribution in [1.29, 1.82) is 0 Å². The van der Waals surface area contributed by atoms with Gasteiger partial charge in [0.15, 0.2) is 0 Å². The largest absolute Gasteiger partial charge is 0.299 e. The Morgan fingerprint density at radius 1 is 1.60 bits per heavy atom. The molecule has 0 aromatic carbocycles. The predicted molar refractivity (Wildman–Crippen MR) is 41.8 cm³/mol. The molecule has 1 aliphatic rings. The smallest absolute Gasteiger partial charge is 0.136 e. The molecule has 1 rings (SSSR count). The fourth-order valence-electron chi connectivity index (χ4n) is 1.19. The molecule has 1 saturated carbocycles. The van der Waals surface area contributed by atoms with Gasteiger partial charge in [0.2, 0.25) is 0 Å². The SMILES string of the molecule is C/C=C/CC1(C(C)=O)CC1. The van der Waals surface area contributed by atoms with E-state index in [2.05, 4.69) is 6.08 Å². The predicted octanol–water partition coefficient (Wildman–Crippen LogP) is 2.32. The van der Waals surface area contributed by atoms with Gasteiger partial charge in [-0.1, -0.05) is 12.2 Å². The molecule has 1 fully saturated rings. The topological polar surface area (TPSA) is 17.1 Å². The van der Waals surface area contributed by atoms with Crippen molar-refractivity contribution in [1.82, 2.24) is 0 Å². The highest BCUT2D eigenvalue weighted by Gasteiger charge is 2.45. The van der Waals surface area contributed by atoms with Gasteiger partial charge in [-0.05, 0) is 33.1 Å². The molecular formula is C9H14O. The van der Waals surface area contributed by atoms with Crippen molar-refractivity contribution in [3.05, 3.63) is 12.2 Å². The lowest BCUT2D eigenvalue weighted by Gasteiger charge is -2.05. The average Bonchev–Trinajstić information content (AvgIpc) is 2.64. The molecule has 0 aliphatic heterocycles. The van der Waals surface area contributed by atoms with E-state index in [0.717, 1.165) is 19.3 Å². The van der Waals surface area contributed by atoms with E-state index in [4.69, 9.17) is 0 Å². The van der Waals surface area contributed by atoms with Crippen LogP contribution in [0.3, 0.4) is 0 Å². The molecule has 0 aromatic heterocycles. The molecule has 1 nitrogen and oxygen atoms in total.